The SMILES string of the molecule is CCCCCCC(C)Nc1nc2ccc(OC)cc2s1. The van der Waals surface area contributed by atoms with E-state index in [1.165, 1.54) is 36.8 Å². The van der Waals surface area contributed by atoms with Gasteiger partial charge in [0.25, 0.3) is 0 Å². The number of methoxy groups -OCH3 is 1. The zero-order chi connectivity index (χ0) is 14.4. The summed E-state index contributed by atoms with van der Waals surface area (Å²) in [6.07, 6.45) is 6.47. The molecule has 0 bridgehead atoms. The third kappa shape index (κ3) is 4.10. The third-order valence-electron chi connectivity index (χ3n) is 3.46. The van der Waals surface area contributed by atoms with E-state index in [9.17, 15) is 0 Å². The van der Waals surface area contributed by atoms with Gasteiger partial charge in [0.2, 0.25) is 0 Å². The van der Waals surface area contributed by atoms with E-state index < -0.39 is 0 Å². The molecule has 1 unspecified atom stereocenters. The minimum atomic E-state index is 0.481. The van der Waals surface area contributed by atoms with Crippen molar-refractivity contribution in [2.24, 2.45) is 0 Å². The first-order valence-electron chi connectivity index (χ1n) is 7.44. The van der Waals surface area contributed by atoms with E-state index in [0.29, 0.717) is 6.04 Å². The molecular weight excluding hydrogens is 268 g/mol. The van der Waals surface area contributed by atoms with Crippen LogP contribution in [0.4, 0.5) is 5.13 Å². The number of aromatic nitrogens is 1. The summed E-state index contributed by atoms with van der Waals surface area (Å²) in [7, 11) is 1.69. The van der Waals surface area contributed by atoms with Crippen molar-refractivity contribution in [3.8, 4) is 5.75 Å². The molecule has 0 saturated heterocycles. The summed E-state index contributed by atoms with van der Waals surface area (Å²) in [6.45, 7) is 4.48. The maximum Gasteiger partial charge on any atom is 0.184 e. The molecular formula is C16H24N2OS. The Hall–Kier alpha value is -1.29. The van der Waals surface area contributed by atoms with Gasteiger partial charge in [-0.1, -0.05) is 43.9 Å². The van der Waals surface area contributed by atoms with Crippen LogP contribution in [0.5, 0.6) is 5.75 Å². The van der Waals surface area contributed by atoms with Crippen LogP contribution in [0, 0.1) is 0 Å². The Morgan fingerprint density at radius 3 is 2.90 bits per heavy atom. The Bertz CT molecular complexity index is 538. The molecule has 110 valence electrons. The molecule has 0 radical (unpaired) electrons. The summed E-state index contributed by atoms with van der Waals surface area (Å²) in [4.78, 5) is 4.62. The molecule has 0 spiro atoms. The highest BCUT2D eigenvalue weighted by Crippen LogP contribution is 2.29. The van der Waals surface area contributed by atoms with Gasteiger partial charge in [-0.2, -0.15) is 0 Å². The standard InChI is InChI=1S/C16H24N2OS/c1-4-5-6-7-8-12(2)17-16-18-14-10-9-13(19-3)11-15(14)20-16/h9-12H,4-8H2,1-3H3,(H,17,18). The van der Waals surface area contributed by atoms with E-state index in [1.54, 1.807) is 18.4 Å². The van der Waals surface area contributed by atoms with Crippen molar-refractivity contribution >= 4 is 26.7 Å². The molecule has 2 rings (SSSR count). The lowest BCUT2D eigenvalue weighted by Crippen LogP contribution is -2.14. The normalized spacial score (nSPS) is 12.6. The zero-order valence-electron chi connectivity index (χ0n) is 12.6. The predicted molar refractivity (Wildman–Crippen MR) is 88.0 cm³/mol. The van der Waals surface area contributed by atoms with Crippen molar-refractivity contribution in [2.75, 3.05) is 12.4 Å². The van der Waals surface area contributed by atoms with Crippen LogP contribution in [0.2, 0.25) is 0 Å². The third-order valence-corrected chi connectivity index (χ3v) is 4.41. The lowest BCUT2D eigenvalue weighted by Gasteiger charge is -2.12. The van der Waals surface area contributed by atoms with Gasteiger partial charge in [-0.3, -0.25) is 0 Å². The number of fused-ring (bicyclic) bond motifs is 1. The van der Waals surface area contributed by atoms with Crippen LogP contribution >= 0.6 is 11.3 Å². The first-order chi connectivity index (χ1) is 9.72. The number of unbranched alkanes of at least 4 members (excludes halogenated alkanes) is 3. The fraction of sp³-hybridized carbons (Fsp3) is 0.562. The van der Waals surface area contributed by atoms with E-state index in [1.807, 2.05) is 18.2 Å². The predicted octanol–water partition coefficient (Wildman–Crippen LogP) is 5.08. The Morgan fingerprint density at radius 2 is 2.15 bits per heavy atom. The number of benzene rings is 1. The van der Waals surface area contributed by atoms with E-state index in [2.05, 4.69) is 24.1 Å². The Labute approximate surface area is 125 Å². The summed E-state index contributed by atoms with van der Waals surface area (Å²) < 4.78 is 6.42. The second kappa shape index (κ2) is 7.48. The van der Waals surface area contributed by atoms with E-state index in [-0.39, 0.29) is 0 Å². The number of hydrogen-bond acceptors (Lipinski definition) is 4. The molecule has 20 heavy (non-hydrogen) atoms. The summed E-state index contributed by atoms with van der Waals surface area (Å²) in [5, 5.41) is 4.52. The van der Waals surface area contributed by atoms with Crippen LogP contribution in [0.15, 0.2) is 18.2 Å². The largest absolute Gasteiger partial charge is 0.497 e. The van der Waals surface area contributed by atoms with Gasteiger partial charge >= 0.3 is 0 Å². The van der Waals surface area contributed by atoms with Crippen molar-refractivity contribution < 1.29 is 4.74 Å². The van der Waals surface area contributed by atoms with Crippen molar-refractivity contribution in [3.63, 3.8) is 0 Å². The first kappa shape index (κ1) is 15.1. The van der Waals surface area contributed by atoms with Gasteiger partial charge in [0.1, 0.15) is 5.75 Å². The average Bonchev–Trinajstić information content (AvgIpc) is 2.84. The lowest BCUT2D eigenvalue weighted by molar-refractivity contribution is 0.415. The van der Waals surface area contributed by atoms with Crippen molar-refractivity contribution in [1.29, 1.82) is 0 Å². The molecule has 4 heteroatoms. The van der Waals surface area contributed by atoms with Crippen molar-refractivity contribution in [2.45, 2.75) is 52.0 Å². The molecule has 0 saturated carbocycles. The molecule has 2 aromatic rings. The van der Waals surface area contributed by atoms with Crippen LogP contribution < -0.4 is 10.1 Å². The topological polar surface area (TPSA) is 34.2 Å². The van der Waals surface area contributed by atoms with Crippen LogP contribution in [-0.2, 0) is 0 Å². The Kier molecular flexibility index (Phi) is 5.65. The van der Waals surface area contributed by atoms with Crippen LogP contribution in [0.3, 0.4) is 0 Å². The Morgan fingerprint density at radius 1 is 1.30 bits per heavy atom. The highest BCUT2D eigenvalue weighted by molar-refractivity contribution is 7.22. The first-order valence-corrected chi connectivity index (χ1v) is 8.25. The molecule has 1 aromatic carbocycles. The smallest absolute Gasteiger partial charge is 0.184 e. The fourth-order valence-electron chi connectivity index (χ4n) is 2.25. The molecule has 0 aliphatic heterocycles. The van der Waals surface area contributed by atoms with Gasteiger partial charge in [-0.05, 0) is 31.5 Å². The minimum Gasteiger partial charge on any atom is -0.497 e. The van der Waals surface area contributed by atoms with Crippen molar-refractivity contribution in [3.05, 3.63) is 18.2 Å². The molecule has 0 aliphatic rings. The average molecular weight is 292 g/mol. The molecule has 0 aliphatic carbocycles. The summed E-state index contributed by atoms with van der Waals surface area (Å²) in [5.41, 5.74) is 1.04. The molecule has 0 fully saturated rings. The summed E-state index contributed by atoms with van der Waals surface area (Å²) in [6, 6.07) is 6.50. The number of nitrogens with zero attached hydrogens (tertiary/aromatic N) is 1. The number of hydrogen-bond donors (Lipinski definition) is 1. The number of thiazole rings is 1. The van der Waals surface area contributed by atoms with Gasteiger partial charge in [-0.15, -0.1) is 0 Å². The van der Waals surface area contributed by atoms with Gasteiger partial charge in [0, 0.05) is 6.04 Å². The van der Waals surface area contributed by atoms with E-state index >= 15 is 0 Å². The zero-order valence-corrected chi connectivity index (χ0v) is 13.4. The fourth-order valence-corrected chi connectivity index (χ4v) is 3.26. The van der Waals surface area contributed by atoms with Gasteiger partial charge in [-0.25, -0.2) is 4.98 Å². The monoisotopic (exact) mass is 292 g/mol. The highest BCUT2D eigenvalue weighted by Gasteiger charge is 2.08. The van der Waals surface area contributed by atoms with E-state index in [0.717, 1.165) is 16.4 Å². The van der Waals surface area contributed by atoms with Gasteiger partial charge in [0.15, 0.2) is 5.13 Å². The summed E-state index contributed by atoms with van der Waals surface area (Å²) in [5.74, 6) is 0.889. The number of rotatable bonds is 8. The lowest BCUT2D eigenvalue weighted by atomic mass is 10.1. The molecule has 1 aromatic heterocycles. The second-order valence-electron chi connectivity index (χ2n) is 5.25. The molecule has 1 heterocycles. The van der Waals surface area contributed by atoms with Crippen LogP contribution in [0.1, 0.15) is 46.0 Å². The van der Waals surface area contributed by atoms with E-state index in [4.69, 9.17) is 4.74 Å². The second-order valence-corrected chi connectivity index (χ2v) is 6.28. The number of nitrogens with one attached hydrogen (secondary N) is 1. The summed E-state index contributed by atoms with van der Waals surface area (Å²) >= 11 is 1.70. The van der Waals surface area contributed by atoms with Crippen LogP contribution in [0.25, 0.3) is 10.2 Å². The maximum absolute atomic E-state index is 5.25. The molecule has 0 amide bonds. The maximum atomic E-state index is 5.25. The van der Waals surface area contributed by atoms with Crippen LogP contribution in [-0.4, -0.2) is 18.1 Å². The highest BCUT2D eigenvalue weighted by atomic mass is 32.1. The number of anilines is 1. The molecule has 1 N–H and O–H groups in total. The quantitative estimate of drug-likeness (QED) is 0.689. The van der Waals surface area contributed by atoms with Gasteiger partial charge < -0.3 is 10.1 Å². The molecule has 1 atom stereocenters. The number of ether oxygens (including phenoxy) is 1. The molecule has 3 nitrogen and oxygen atoms in total. The van der Waals surface area contributed by atoms with Gasteiger partial charge in [0.05, 0.1) is 17.3 Å². The minimum absolute atomic E-state index is 0.481. The Balaban J connectivity index is 1.92. The van der Waals surface area contributed by atoms with Crippen molar-refractivity contribution in [1.82, 2.24) is 4.98 Å².